The number of anilines is 1. The third kappa shape index (κ3) is 3.69. The first-order valence-electron chi connectivity index (χ1n) is 10.5. The Hall–Kier alpha value is -3.45. The number of aromatic nitrogens is 2. The fourth-order valence-corrected chi connectivity index (χ4v) is 4.86. The molecule has 2 heterocycles. The van der Waals surface area contributed by atoms with Crippen LogP contribution in [0.5, 0.6) is 11.5 Å². The number of rotatable bonds is 3. The van der Waals surface area contributed by atoms with E-state index in [9.17, 15) is 9.59 Å². The summed E-state index contributed by atoms with van der Waals surface area (Å²) in [4.78, 5) is 32.1. The van der Waals surface area contributed by atoms with Crippen LogP contribution in [0.3, 0.4) is 0 Å². The van der Waals surface area contributed by atoms with E-state index in [1.807, 2.05) is 54.6 Å². The molecule has 1 aliphatic heterocycles. The third-order valence-corrected chi connectivity index (χ3v) is 6.13. The zero-order valence-corrected chi connectivity index (χ0v) is 18.6. The van der Waals surface area contributed by atoms with Gasteiger partial charge in [0.1, 0.15) is 17.3 Å². The molecule has 32 heavy (non-hydrogen) atoms. The second kappa shape index (κ2) is 7.60. The third-order valence-electron chi connectivity index (χ3n) is 5.92. The van der Waals surface area contributed by atoms with Crippen molar-refractivity contribution in [3.8, 4) is 11.5 Å². The van der Waals surface area contributed by atoms with Crippen molar-refractivity contribution in [2.24, 2.45) is 5.41 Å². The normalized spacial score (nSPS) is 19.1. The van der Waals surface area contributed by atoms with Gasteiger partial charge in [-0.3, -0.25) is 14.6 Å². The number of ketones is 1. The second-order valence-corrected chi connectivity index (χ2v) is 9.48. The summed E-state index contributed by atoms with van der Waals surface area (Å²) in [5.41, 5.74) is 2.29. The van der Waals surface area contributed by atoms with Crippen LogP contribution in [0, 0.1) is 10.2 Å². The lowest BCUT2D eigenvalue weighted by Gasteiger charge is -2.38. The van der Waals surface area contributed by atoms with Crippen LogP contribution in [0.4, 0.5) is 5.82 Å². The number of aromatic amines is 2. The highest BCUT2D eigenvalue weighted by Crippen LogP contribution is 2.47. The number of H-pyrrole nitrogens is 2. The molecule has 0 amide bonds. The lowest BCUT2D eigenvalue weighted by molar-refractivity contribution is -0.118. The lowest BCUT2D eigenvalue weighted by Crippen LogP contribution is -2.36. The molecule has 2 aliphatic rings. The highest BCUT2D eigenvalue weighted by molar-refractivity contribution is 7.71. The van der Waals surface area contributed by atoms with Crippen LogP contribution in [0.1, 0.15) is 43.7 Å². The SMILES string of the molecule is CC1(C)CC(=O)C2=C(C1)Nc1[nH]c(=S)[nH]c(=O)c1C2c1cccc(Oc2ccccc2)c1. The summed E-state index contributed by atoms with van der Waals surface area (Å²) in [6.07, 6.45) is 1.14. The van der Waals surface area contributed by atoms with E-state index in [4.69, 9.17) is 17.0 Å². The summed E-state index contributed by atoms with van der Waals surface area (Å²) in [7, 11) is 0. The van der Waals surface area contributed by atoms with Gasteiger partial charge in [0.2, 0.25) is 0 Å². The van der Waals surface area contributed by atoms with E-state index >= 15 is 0 Å². The van der Waals surface area contributed by atoms with Gasteiger partial charge in [-0.15, -0.1) is 0 Å². The van der Waals surface area contributed by atoms with Crippen molar-refractivity contribution < 1.29 is 9.53 Å². The van der Waals surface area contributed by atoms with Crippen molar-refractivity contribution in [2.75, 3.05) is 5.32 Å². The molecule has 3 aromatic rings. The van der Waals surface area contributed by atoms with Crippen molar-refractivity contribution in [1.29, 1.82) is 0 Å². The first-order chi connectivity index (χ1) is 15.3. The van der Waals surface area contributed by atoms with Gasteiger partial charge in [-0.25, -0.2) is 0 Å². The summed E-state index contributed by atoms with van der Waals surface area (Å²) >= 11 is 5.19. The van der Waals surface area contributed by atoms with Gasteiger partial charge in [0.05, 0.1) is 5.56 Å². The molecule has 0 spiro atoms. The van der Waals surface area contributed by atoms with Crippen molar-refractivity contribution in [3.63, 3.8) is 0 Å². The maximum atomic E-state index is 13.3. The smallest absolute Gasteiger partial charge is 0.257 e. The number of allylic oxidation sites excluding steroid dienone is 2. The van der Waals surface area contributed by atoms with E-state index < -0.39 is 5.92 Å². The summed E-state index contributed by atoms with van der Waals surface area (Å²) in [6, 6.07) is 17.1. The molecule has 0 saturated carbocycles. The largest absolute Gasteiger partial charge is 0.457 e. The minimum absolute atomic E-state index is 0.0515. The number of para-hydroxylation sites is 1. The number of fused-ring (bicyclic) bond motifs is 1. The van der Waals surface area contributed by atoms with Crippen LogP contribution in [0.2, 0.25) is 0 Å². The van der Waals surface area contributed by atoms with Gasteiger partial charge < -0.3 is 15.0 Å². The Morgan fingerprint density at radius 2 is 1.72 bits per heavy atom. The average molecular weight is 446 g/mol. The van der Waals surface area contributed by atoms with E-state index in [1.165, 1.54) is 0 Å². The van der Waals surface area contributed by atoms with Crippen LogP contribution in [0.15, 0.2) is 70.7 Å². The van der Waals surface area contributed by atoms with Gasteiger partial charge in [-0.05, 0) is 53.9 Å². The molecule has 0 bridgehead atoms. The fraction of sp³-hybridized carbons (Fsp3) is 0.240. The van der Waals surface area contributed by atoms with Gasteiger partial charge in [0, 0.05) is 23.6 Å². The Kier molecular flexibility index (Phi) is 4.86. The standard InChI is InChI=1S/C25H23N3O3S/c1-25(2)12-17-20(18(29)13-25)19(21-22(26-17)27-24(32)28-23(21)30)14-7-6-10-16(11-14)31-15-8-4-3-5-9-15/h3-11,19H,12-13H2,1-2H3,(H3,26,27,28,30,32). The Bertz CT molecular complexity index is 1370. The molecule has 5 rings (SSSR count). The molecule has 1 atom stereocenters. The van der Waals surface area contributed by atoms with Crippen LogP contribution < -0.4 is 15.6 Å². The molecule has 3 N–H and O–H groups in total. The fourth-order valence-electron chi connectivity index (χ4n) is 4.66. The van der Waals surface area contributed by atoms with E-state index in [-0.39, 0.29) is 21.5 Å². The van der Waals surface area contributed by atoms with E-state index in [0.717, 1.165) is 11.3 Å². The number of ether oxygens (including phenoxy) is 1. The predicted octanol–water partition coefficient (Wildman–Crippen LogP) is 5.43. The van der Waals surface area contributed by atoms with Crippen molar-refractivity contribution >= 4 is 23.8 Å². The van der Waals surface area contributed by atoms with Crippen molar-refractivity contribution in [3.05, 3.63) is 92.1 Å². The van der Waals surface area contributed by atoms with Crippen LogP contribution in [-0.2, 0) is 4.79 Å². The maximum Gasteiger partial charge on any atom is 0.257 e. The van der Waals surface area contributed by atoms with Gasteiger partial charge in [-0.1, -0.05) is 44.2 Å². The number of hydrogen-bond acceptors (Lipinski definition) is 5. The average Bonchev–Trinajstić information content (AvgIpc) is 2.72. The van der Waals surface area contributed by atoms with Gasteiger partial charge in [0.25, 0.3) is 5.56 Å². The second-order valence-electron chi connectivity index (χ2n) is 9.08. The quantitative estimate of drug-likeness (QED) is 0.468. The number of benzene rings is 2. The molecule has 162 valence electrons. The van der Waals surface area contributed by atoms with Crippen LogP contribution >= 0.6 is 12.2 Å². The number of carbonyl (C=O) groups is 1. The molecule has 1 unspecified atom stereocenters. The Morgan fingerprint density at radius 3 is 2.50 bits per heavy atom. The first-order valence-corrected chi connectivity index (χ1v) is 10.9. The van der Waals surface area contributed by atoms with Crippen molar-refractivity contribution in [1.82, 2.24) is 9.97 Å². The molecule has 7 heteroatoms. The van der Waals surface area contributed by atoms with Crippen LogP contribution in [0.25, 0.3) is 0 Å². The number of Topliss-reactive ketones (excluding diaryl/α,β-unsaturated/α-hetero) is 1. The molecule has 1 aromatic heterocycles. The van der Waals surface area contributed by atoms with Gasteiger partial charge in [-0.2, -0.15) is 0 Å². The molecule has 0 fully saturated rings. The van der Waals surface area contributed by atoms with Gasteiger partial charge in [0.15, 0.2) is 10.6 Å². The lowest BCUT2D eigenvalue weighted by atomic mass is 9.69. The van der Waals surface area contributed by atoms with Gasteiger partial charge >= 0.3 is 0 Å². The molecule has 0 radical (unpaired) electrons. The van der Waals surface area contributed by atoms with Crippen LogP contribution in [-0.4, -0.2) is 15.8 Å². The molecule has 2 aromatic carbocycles. The Labute approximate surface area is 190 Å². The Morgan fingerprint density at radius 1 is 0.969 bits per heavy atom. The zero-order valence-electron chi connectivity index (χ0n) is 17.8. The maximum absolute atomic E-state index is 13.3. The van der Waals surface area contributed by atoms with Crippen molar-refractivity contribution in [2.45, 2.75) is 32.6 Å². The molecule has 0 saturated heterocycles. The zero-order chi connectivity index (χ0) is 22.5. The predicted molar refractivity (Wildman–Crippen MR) is 126 cm³/mol. The summed E-state index contributed by atoms with van der Waals surface area (Å²) in [5.74, 6) is 1.44. The van der Waals surface area contributed by atoms with E-state index in [1.54, 1.807) is 0 Å². The molecule has 1 aliphatic carbocycles. The topological polar surface area (TPSA) is 87.0 Å². The van der Waals surface area contributed by atoms with E-state index in [2.05, 4.69) is 29.1 Å². The number of hydrogen-bond donors (Lipinski definition) is 3. The monoisotopic (exact) mass is 445 g/mol. The Balaban J connectivity index is 1.67. The minimum Gasteiger partial charge on any atom is -0.457 e. The highest BCUT2D eigenvalue weighted by atomic mass is 32.1. The minimum atomic E-state index is -0.514. The number of carbonyl (C=O) groups excluding carboxylic acids is 1. The van der Waals surface area contributed by atoms with E-state index in [0.29, 0.717) is 41.3 Å². The number of nitrogens with one attached hydrogen (secondary N) is 3. The summed E-state index contributed by atoms with van der Waals surface area (Å²) < 4.78 is 6.26. The first kappa shape index (κ1) is 20.5. The summed E-state index contributed by atoms with van der Waals surface area (Å²) in [5, 5.41) is 3.31. The molecular weight excluding hydrogens is 422 g/mol. The molecule has 6 nitrogen and oxygen atoms in total. The summed E-state index contributed by atoms with van der Waals surface area (Å²) in [6.45, 7) is 4.16. The highest BCUT2D eigenvalue weighted by Gasteiger charge is 2.42. The molecular formula is C25H23N3O3S.